The van der Waals surface area contributed by atoms with E-state index < -0.39 is 46.7 Å². The fourth-order valence-corrected chi connectivity index (χ4v) is 0.684. The quantitative estimate of drug-likeness (QED) is 0.367. The molecule has 0 amide bonds. The zero-order valence-corrected chi connectivity index (χ0v) is 11.0. The predicted octanol–water partition coefficient (Wildman–Crippen LogP) is -6.59. The molecule has 0 aromatic rings. The molecule has 11 nitrogen and oxygen atoms in total. The molecule has 106 valence electrons. The first kappa shape index (κ1) is 23.0. The SMILES string of the molecule is O=C([O-])CC(O)(CC(=O)[O-])C(=O)[O-].O=S(=O)([O-])[O-].[V+5]. The van der Waals surface area contributed by atoms with Crippen molar-refractivity contribution in [2.75, 3.05) is 0 Å². The van der Waals surface area contributed by atoms with E-state index in [1.165, 1.54) is 0 Å². The van der Waals surface area contributed by atoms with Crippen LogP contribution in [0.3, 0.4) is 0 Å². The van der Waals surface area contributed by atoms with Crippen LogP contribution in [0.5, 0.6) is 0 Å². The molecule has 0 unspecified atom stereocenters. The molecule has 19 heavy (non-hydrogen) atoms. The van der Waals surface area contributed by atoms with Gasteiger partial charge in [-0.25, -0.2) is 0 Å². The van der Waals surface area contributed by atoms with Crippen molar-refractivity contribution in [3.05, 3.63) is 0 Å². The van der Waals surface area contributed by atoms with Crippen LogP contribution in [-0.2, 0) is 43.3 Å². The van der Waals surface area contributed by atoms with E-state index in [0.717, 1.165) is 0 Å². The van der Waals surface area contributed by atoms with Crippen LogP contribution in [0.25, 0.3) is 0 Å². The maximum atomic E-state index is 10.1. The normalized spacial score (nSPS) is 10.5. The van der Waals surface area contributed by atoms with Gasteiger partial charge in [0.2, 0.25) is 0 Å². The number of aliphatic carboxylic acids is 3. The summed E-state index contributed by atoms with van der Waals surface area (Å²) < 4.78 is 34.1. The summed E-state index contributed by atoms with van der Waals surface area (Å²) in [7, 11) is -5.17. The van der Waals surface area contributed by atoms with Crippen LogP contribution in [0, 0.1) is 0 Å². The first-order valence-electron chi connectivity index (χ1n) is 3.78. The molecule has 0 atom stereocenters. The van der Waals surface area contributed by atoms with Gasteiger partial charge in [-0.3, -0.25) is 8.42 Å². The minimum atomic E-state index is -5.17. The molecule has 1 N–H and O–H groups in total. The molecule has 0 aliphatic rings. The summed E-state index contributed by atoms with van der Waals surface area (Å²) in [6.07, 6.45) is -2.72. The van der Waals surface area contributed by atoms with Gasteiger partial charge in [0, 0.05) is 35.2 Å². The van der Waals surface area contributed by atoms with E-state index in [-0.39, 0.29) is 18.6 Å². The first-order valence-corrected chi connectivity index (χ1v) is 5.11. The second kappa shape index (κ2) is 8.85. The van der Waals surface area contributed by atoms with E-state index >= 15 is 0 Å². The molecule has 0 aromatic carbocycles. The third-order valence-corrected chi connectivity index (χ3v) is 1.25. The van der Waals surface area contributed by atoms with Crippen molar-refractivity contribution in [1.29, 1.82) is 0 Å². The Balaban J connectivity index is -0.000000366. The van der Waals surface area contributed by atoms with Crippen LogP contribution in [0.1, 0.15) is 12.8 Å². The Morgan fingerprint density at radius 3 is 1.26 bits per heavy atom. The largest absolute Gasteiger partial charge is 5.00 e. The molecule has 0 fully saturated rings. The van der Waals surface area contributed by atoms with Crippen molar-refractivity contribution in [3.63, 3.8) is 0 Å². The molecular weight excluding hydrogens is 331 g/mol. The van der Waals surface area contributed by atoms with Crippen LogP contribution >= 0.6 is 0 Å². The van der Waals surface area contributed by atoms with E-state index in [1.54, 1.807) is 0 Å². The van der Waals surface area contributed by atoms with E-state index in [9.17, 15) is 29.7 Å². The molecule has 0 aliphatic heterocycles. The Bertz CT molecular complexity index is 402. The minimum Gasteiger partial charge on any atom is -0.759 e. The van der Waals surface area contributed by atoms with Gasteiger partial charge in [0.1, 0.15) is 5.60 Å². The topological polar surface area (TPSA) is 221 Å². The van der Waals surface area contributed by atoms with Gasteiger partial charge in [0.25, 0.3) is 0 Å². The fraction of sp³-hybridized carbons (Fsp3) is 0.500. The number of carboxylic acid groups (broad SMARTS) is 3. The summed E-state index contributed by atoms with van der Waals surface area (Å²) in [5.41, 5.74) is -2.97. The van der Waals surface area contributed by atoms with Gasteiger partial charge in [0.05, 0.1) is 5.97 Å². The van der Waals surface area contributed by atoms with Crippen LogP contribution in [0.2, 0.25) is 0 Å². The Labute approximate surface area is 118 Å². The summed E-state index contributed by atoms with van der Waals surface area (Å²) >= 11 is 0. The Morgan fingerprint density at radius 1 is 0.947 bits per heavy atom. The van der Waals surface area contributed by atoms with Crippen LogP contribution in [-0.4, -0.2) is 46.1 Å². The minimum absolute atomic E-state index is 0. The van der Waals surface area contributed by atoms with Crippen molar-refractivity contribution >= 4 is 28.3 Å². The van der Waals surface area contributed by atoms with Crippen LogP contribution in [0.15, 0.2) is 0 Å². The fourth-order valence-electron chi connectivity index (χ4n) is 0.684. The molecular formula is C6H5O11SV. The van der Waals surface area contributed by atoms with Crippen molar-refractivity contribution in [3.8, 4) is 0 Å². The average molecular weight is 336 g/mol. The third-order valence-electron chi connectivity index (χ3n) is 1.25. The van der Waals surface area contributed by atoms with Crippen LogP contribution in [0.4, 0.5) is 0 Å². The number of aliphatic hydroxyl groups is 1. The number of rotatable bonds is 5. The van der Waals surface area contributed by atoms with E-state index in [0.29, 0.717) is 0 Å². The number of hydrogen-bond donors (Lipinski definition) is 1. The van der Waals surface area contributed by atoms with Crippen molar-refractivity contribution in [2.45, 2.75) is 18.4 Å². The predicted molar refractivity (Wildman–Crippen MR) is 39.7 cm³/mol. The molecule has 0 saturated heterocycles. The summed E-state index contributed by atoms with van der Waals surface area (Å²) in [5.74, 6) is -5.98. The molecule has 0 bridgehead atoms. The van der Waals surface area contributed by atoms with Gasteiger partial charge in [-0.2, -0.15) is 0 Å². The summed E-state index contributed by atoms with van der Waals surface area (Å²) in [6, 6.07) is 0. The Kier molecular flexibility index (Phi) is 10.7. The van der Waals surface area contributed by atoms with E-state index in [4.69, 9.17) is 22.6 Å². The van der Waals surface area contributed by atoms with E-state index in [1.807, 2.05) is 0 Å². The number of carboxylic acids is 3. The van der Waals surface area contributed by atoms with Crippen molar-refractivity contribution in [1.82, 2.24) is 0 Å². The smallest absolute Gasteiger partial charge is 0.759 e. The summed E-state index contributed by atoms with van der Waals surface area (Å²) in [6.45, 7) is 0. The average Bonchev–Trinajstić information content (AvgIpc) is 1.95. The van der Waals surface area contributed by atoms with Gasteiger partial charge in [-0.1, -0.05) is 0 Å². The van der Waals surface area contributed by atoms with Crippen molar-refractivity contribution in [2.24, 2.45) is 0 Å². The second-order valence-electron chi connectivity index (χ2n) is 2.82. The molecule has 13 heteroatoms. The third kappa shape index (κ3) is 16.8. The maximum absolute atomic E-state index is 10.1. The molecule has 0 spiro atoms. The zero-order chi connectivity index (χ0) is 15.1. The number of carbonyl (C=O) groups is 3. The summed E-state index contributed by atoms with van der Waals surface area (Å²) in [5, 5.41) is 38.9. The molecule has 0 rings (SSSR count). The summed E-state index contributed by atoms with van der Waals surface area (Å²) in [4.78, 5) is 30.0. The molecule has 0 heterocycles. The van der Waals surface area contributed by atoms with Gasteiger partial charge in [0.15, 0.2) is 0 Å². The van der Waals surface area contributed by atoms with Gasteiger partial charge in [-0.05, 0) is 0 Å². The maximum Gasteiger partial charge on any atom is 5.00 e. The zero-order valence-electron chi connectivity index (χ0n) is 8.80. The van der Waals surface area contributed by atoms with Gasteiger partial charge in [-0.15, -0.1) is 0 Å². The van der Waals surface area contributed by atoms with Gasteiger partial charge < -0.3 is 43.9 Å². The number of hydrogen-bond acceptors (Lipinski definition) is 11. The molecule has 0 aromatic heterocycles. The Morgan fingerprint density at radius 2 is 1.16 bits per heavy atom. The van der Waals surface area contributed by atoms with Crippen LogP contribution < -0.4 is 15.3 Å². The number of carbonyl (C=O) groups excluding carboxylic acids is 3. The Hall–Kier alpha value is -1.18. The second-order valence-corrected chi connectivity index (χ2v) is 3.64. The standard InChI is InChI=1S/C6H8O7.H2O4S.V/c7-3(8)1-6(13,5(11)12)2-4(9)10;1-5(2,3)4;/h13H,1-2H2,(H,7,8)(H,9,10)(H,11,12);(H2,1,2,3,4);/q;;+5/p-5. The monoisotopic (exact) mass is 336 g/mol. The van der Waals surface area contributed by atoms with Crippen molar-refractivity contribution < 1.29 is 70.9 Å². The van der Waals surface area contributed by atoms with Gasteiger partial charge >= 0.3 is 18.6 Å². The first-order chi connectivity index (χ1) is 7.78. The van der Waals surface area contributed by atoms with E-state index in [2.05, 4.69) is 0 Å². The molecule has 0 aliphatic carbocycles. The molecule has 0 saturated carbocycles. The molecule has 0 radical (unpaired) electrons.